The van der Waals surface area contributed by atoms with E-state index in [0.29, 0.717) is 5.69 Å². The van der Waals surface area contributed by atoms with Gasteiger partial charge < -0.3 is 11.1 Å². The van der Waals surface area contributed by atoms with E-state index in [0.717, 1.165) is 12.0 Å². The van der Waals surface area contributed by atoms with Gasteiger partial charge in [0.05, 0.1) is 11.7 Å². The highest BCUT2D eigenvalue weighted by molar-refractivity contribution is 5.97. The first-order valence-corrected chi connectivity index (χ1v) is 6.69. The maximum atomic E-state index is 12.2. The molecule has 0 aliphatic rings. The van der Waals surface area contributed by atoms with E-state index in [1.54, 1.807) is 18.3 Å². The monoisotopic (exact) mass is 269 g/mol. The highest BCUT2D eigenvalue weighted by atomic mass is 16.1. The number of amides is 1. The second-order valence-corrected chi connectivity index (χ2v) is 4.79. The zero-order valence-corrected chi connectivity index (χ0v) is 11.8. The number of nitrogens with zero attached hydrogens (tertiary/aromatic N) is 1. The van der Waals surface area contributed by atoms with E-state index in [4.69, 9.17) is 5.73 Å². The quantitative estimate of drug-likeness (QED) is 0.896. The second kappa shape index (κ2) is 6.19. The summed E-state index contributed by atoms with van der Waals surface area (Å²) in [5, 5.41) is 2.98. The molecule has 4 heteroatoms. The van der Waals surface area contributed by atoms with Crippen LogP contribution in [0.4, 0.5) is 5.69 Å². The molecule has 2 aromatic rings. The normalized spacial score (nSPS) is 11.9. The summed E-state index contributed by atoms with van der Waals surface area (Å²) in [5.74, 6) is -0.240. The van der Waals surface area contributed by atoms with E-state index < -0.39 is 0 Å². The first kappa shape index (κ1) is 14.1. The molecule has 4 nitrogen and oxygen atoms in total. The van der Waals surface area contributed by atoms with Gasteiger partial charge in [0.15, 0.2) is 5.69 Å². The molecule has 2 rings (SSSR count). The Labute approximate surface area is 119 Å². The summed E-state index contributed by atoms with van der Waals surface area (Å²) in [6.07, 6.45) is 2.37. The van der Waals surface area contributed by atoms with Crippen LogP contribution in [-0.2, 0) is 0 Å². The van der Waals surface area contributed by atoms with Crippen molar-refractivity contribution in [1.82, 2.24) is 10.3 Å². The van der Waals surface area contributed by atoms with Gasteiger partial charge in [-0.25, -0.2) is 4.98 Å². The summed E-state index contributed by atoms with van der Waals surface area (Å²) in [5.41, 5.74) is 8.72. The lowest BCUT2D eigenvalue weighted by Crippen LogP contribution is -2.29. The fourth-order valence-electron chi connectivity index (χ4n) is 2.05. The number of pyridine rings is 1. The third kappa shape index (κ3) is 3.15. The molecule has 1 heterocycles. The zero-order valence-electron chi connectivity index (χ0n) is 11.8. The second-order valence-electron chi connectivity index (χ2n) is 4.79. The van der Waals surface area contributed by atoms with Crippen molar-refractivity contribution in [3.05, 3.63) is 59.4 Å². The van der Waals surface area contributed by atoms with Crippen LogP contribution in [-0.4, -0.2) is 10.9 Å². The molecular weight excluding hydrogens is 250 g/mol. The Morgan fingerprint density at radius 1 is 1.30 bits per heavy atom. The third-order valence-electron chi connectivity index (χ3n) is 3.25. The molecule has 20 heavy (non-hydrogen) atoms. The number of carbonyl (C=O) groups is 1. The highest BCUT2D eigenvalue weighted by Crippen LogP contribution is 2.18. The smallest absolute Gasteiger partial charge is 0.272 e. The minimum atomic E-state index is -0.240. The van der Waals surface area contributed by atoms with Gasteiger partial charge in [-0.15, -0.1) is 0 Å². The molecule has 0 radical (unpaired) electrons. The molecule has 3 N–H and O–H groups in total. The number of benzene rings is 1. The van der Waals surface area contributed by atoms with Crippen LogP contribution in [0.1, 0.15) is 41.0 Å². The van der Waals surface area contributed by atoms with Gasteiger partial charge in [0.25, 0.3) is 5.91 Å². The molecular formula is C16H19N3O. The van der Waals surface area contributed by atoms with Crippen LogP contribution in [0.3, 0.4) is 0 Å². The summed E-state index contributed by atoms with van der Waals surface area (Å²) in [6, 6.07) is 11.5. The number of carbonyl (C=O) groups excluding carboxylic acids is 1. The summed E-state index contributed by atoms with van der Waals surface area (Å²) < 4.78 is 0. The molecule has 1 amide bonds. The van der Waals surface area contributed by atoms with Crippen molar-refractivity contribution < 1.29 is 4.79 Å². The van der Waals surface area contributed by atoms with Crippen LogP contribution < -0.4 is 11.1 Å². The molecule has 1 aromatic carbocycles. The Balaban J connectivity index is 2.16. The number of hydrogen-bond acceptors (Lipinski definition) is 3. The highest BCUT2D eigenvalue weighted by Gasteiger charge is 2.16. The van der Waals surface area contributed by atoms with E-state index >= 15 is 0 Å². The van der Waals surface area contributed by atoms with E-state index in [-0.39, 0.29) is 17.6 Å². The van der Waals surface area contributed by atoms with Crippen molar-refractivity contribution in [1.29, 1.82) is 0 Å². The minimum Gasteiger partial charge on any atom is -0.397 e. The standard InChI is InChI=1S/C16H19N3O/c1-3-14(12-8-6-11(2)7-9-12)19-16(20)15-13(17)5-4-10-18-15/h4-10,14H,3,17H2,1-2H3,(H,19,20). The van der Waals surface area contributed by atoms with Gasteiger partial charge in [0.2, 0.25) is 0 Å². The SMILES string of the molecule is CCC(NC(=O)c1ncccc1N)c1ccc(C)cc1. The predicted octanol–water partition coefficient (Wildman–Crippen LogP) is 2.85. The molecule has 0 saturated heterocycles. The molecule has 104 valence electrons. The van der Waals surface area contributed by atoms with Gasteiger partial charge in [-0.1, -0.05) is 36.8 Å². The largest absolute Gasteiger partial charge is 0.397 e. The number of hydrogen-bond donors (Lipinski definition) is 2. The van der Waals surface area contributed by atoms with Crippen molar-refractivity contribution in [3.8, 4) is 0 Å². The van der Waals surface area contributed by atoms with Crippen LogP contribution in [0.15, 0.2) is 42.6 Å². The maximum absolute atomic E-state index is 12.2. The number of aryl methyl sites for hydroxylation is 1. The molecule has 0 fully saturated rings. The maximum Gasteiger partial charge on any atom is 0.272 e. The molecule has 0 spiro atoms. The summed E-state index contributed by atoms with van der Waals surface area (Å²) >= 11 is 0. The minimum absolute atomic E-state index is 0.0375. The van der Waals surface area contributed by atoms with Gasteiger partial charge in [-0.3, -0.25) is 4.79 Å². The fraction of sp³-hybridized carbons (Fsp3) is 0.250. The Morgan fingerprint density at radius 2 is 2.00 bits per heavy atom. The van der Waals surface area contributed by atoms with Gasteiger partial charge in [-0.05, 0) is 31.0 Å². The number of rotatable bonds is 4. The van der Waals surface area contributed by atoms with Crippen molar-refractivity contribution in [2.45, 2.75) is 26.3 Å². The van der Waals surface area contributed by atoms with Crippen molar-refractivity contribution >= 4 is 11.6 Å². The first-order chi connectivity index (χ1) is 9.61. The summed E-state index contributed by atoms with van der Waals surface area (Å²) in [6.45, 7) is 4.07. The topological polar surface area (TPSA) is 68.0 Å². The molecule has 1 aromatic heterocycles. The molecule has 0 bridgehead atoms. The van der Waals surface area contributed by atoms with Crippen LogP contribution in [0.5, 0.6) is 0 Å². The van der Waals surface area contributed by atoms with E-state index in [2.05, 4.69) is 10.3 Å². The average Bonchev–Trinajstić information content (AvgIpc) is 2.46. The zero-order chi connectivity index (χ0) is 14.5. The van der Waals surface area contributed by atoms with E-state index in [1.807, 2.05) is 38.1 Å². The third-order valence-corrected chi connectivity index (χ3v) is 3.25. The first-order valence-electron chi connectivity index (χ1n) is 6.69. The lowest BCUT2D eigenvalue weighted by molar-refractivity contribution is 0.0931. The number of aromatic nitrogens is 1. The van der Waals surface area contributed by atoms with Gasteiger partial charge in [0.1, 0.15) is 0 Å². The fourth-order valence-corrected chi connectivity index (χ4v) is 2.05. The van der Waals surface area contributed by atoms with Crippen LogP contribution in [0.2, 0.25) is 0 Å². The van der Waals surface area contributed by atoms with Crippen LogP contribution in [0.25, 0.3) is 0 Å². The van der Waals surface area contributed by atoms with Gasteiger partial charge >= 0.3 is 0 Å². The van der Waals surface area contributed by atoms with Gasteiger partial charge in [0, 0.05) is 6.20 Å². The Hall–Kier alpha value is -2.36. The molecule has 1 unspecified atom stereocenters. The summed E-state index contributed by atoms with van der Waals surface area (Å²) in [7, 11) is 0. The summed E-state index contributed by atoms with van der Waals surface area (Å²) in [4.78, 5) is 16.3. The lowest BCUT2D eigenvalue weighted by atomic mass is 10.0. The number of anilines is 1. The molecule has 0 aliphatic heterocycles. The molecule has 1 atom stereocenters. The average molecular weight is 269 g/mol. The predicted molar refractivity (Wildman–Crippen MR) is 80.3 cm³/mol. The van der Waals surface area contributed by atoms with Gasteiger partial charge in [-0.2, -0.15) is 0 Å². The molecule has 0 saturated carbocycles. The van der Waals surface area contributed by atoms with Crippen molar-refractivity contribution in [3.63, 3.8) is 0 Å². The Morgan fingerprint density at radius 3 is 2.60 bits per heavy atom. The van der Waals surface area contributed by atoms with Crippen LogP contribution >= 0.6 is 0 Å². The van der Waals surface area contributed by atoms with Crippen LogP contribution in [0, 0.1) is 6.92 Å². The Bertz CT molecular complexity index is 593. The van der Waals surface area contributed by atoms with Crippen molar-refractivity contribution in [2.24, 2.45) is 0 Å². The Kier molecular flexibility index (Phi) is 4.35. The van der Waals surface area contributed by atoms with E-state index in [9.17, 15) is 4.79 Å². The lowest BCUT2D eigenvalue weighted by Gasteiger charge is -2.18. The van der Waals surface area contributed by atoms with E-state index in [1.165, 1.54) is 5.56 Å². The van der Waals surface area contributed by atoms with Crippen molar-refractivity contribution in [2.75, 3.05) is 5.73 Å². The molecule has 0 aliphatic carbocycles. The number of nitrogens with one attached hydrogen (secondary N) is 1. The number of nitrogens with two attached hydrogens (primary N) is 1. The number of nitrogen functional groups attached to an aromatic ring is 1.